The fraction of sp³-hybridized carbons (Fsp3) is 0.476. The molecule has 1 saturated heterocycles. The highest BCUT2D eigenvalue weighted by Gasteiger charge is 2.25. The average Bonchev–Trinajstić information content (AvgIpc) is 3.32. The predicted molar refractivity (Wildman–Crippen MR) is 114 cm³/mol. The largest absolute Gasteiger partial charge is 0.379 e. The molecule has 7 nitrogen and oxygen atoms in total. The number of carbonyl (C=O) groups excluding carboxylic acids is 1. The number of benzene rings is 1. The first-order chi connectivity index (χ1) is 14.0. The van der Waals surface area contributed by atoms with Crippen molar-refractivity contribution < 1.29 is 14.1 Å². The molecule has 0 N–H and O–H groups in total. The van der Waals surface area contributed by atoms with Gasteiger partial charge in [0, 0.05) is 32.2 Å². The molecule has 1 amide bonds. The highest BCUT2D eigenvalue weighted by Crippen LogP contribution is 2.32. The van der Waals surface area contributed by atoms with Crippen molar-refractivity contribution in [1.29, 1.82) is 0 Å². The van der Waals surface area contributed by atoms with Crippen LogP contribution in [-0.2, 0) is 4.74 Å². The van der Waals surface area contributed by atoms with Crippen molar-refractivity contribution in [2.75, 3.05) is 44.3 Å². The number of fused-ring (bicyclic) bond motifs is 1. The number of morpholine rings is 1. The molecule has 0 atom stereocenters. The van der Waals surface area contributed by atoms with E-state index >= 15 is 0 Å². The van der Waals surface area contributed by atoms with Crippen molar-refractivity contribution in [1.82, 2.24) is 15.0 Å². The Hall–Kier alpha value is -2.29. The monoisotopic (exact) mass is 414 g/mol. The third-order valence-corrected chi connectivity index (χ3v) is 6.12. The summed E-state index contributed by atoms with van der Waals surface area (Å²) in [4.78, 5) is 22.1. The number of thiazole rings is 1. The average molecular weight is 415 g/mol. The Morgan fingerprint density at radius 1 is 1.21 bits per heavy atom. The van der Waals surface area contributed by atoms with Gasteiger partial charge in [0.1, 0.15) is 0 Å². The van der Waals surface area contributed by atoms with E-state index in [2.05, 4.69) is 36.0 Å². The Bertz CT molecular complexity index is 1010. The van der Waals surface area contributed by atoms with Gasteiger partial charge in [0.2, 0.25) is 5.76 Å². The number of rotatable bonds is 6. The van der Waals surface area contributed by atoms with E-state index in [1.807, 2.05) is 6.92 Å². The van der Waals surface area contributed by atoms with Gasteiger partial charge in [-0.25, -0.2) is 4.98 Å². The quantitative estimate of drug-likeness (QED) is 0.614. The molecule has 1 aliphatic rings. The van der Waals surface area contributed by atoms with Crippen LogP contribution in [-0.4, -0.2) is 60.3 Å². The van der Waals surface area contributed by atoms with Gasteiger partial charge in [0.05, 0.1) is 29.1 Å². The number of anilines is 1. The van der Waals surface area contributed by atoms with Gasteiger partial charge >= 0.3 is 0 Å². The molecule has 0 saturated carbocycles. The number of nitrogens with zero attached hydrogens (tertiary/aromatic N) is 4. The molecule has 29 heavy (non-hydrogen) atoms. The zero-order chi connectivity index (χ0) is 20.4. The molecule has 0 unspecified atom stereocenters. The molecule has 0 bridgehead atoms. The normalized spacial score (nSPS) is 15.1. The van der Waals surface area contributed by atoms with Crippen LogP contribution in [0.1, 0.15) is 33.8 Å². The van der Waals surface area contributed by atoms with Crippen LogP contribution in [0.4, 0.5) is 5.13 Å². The molecule has 2 aromatic heterocycles. The van der Waals surface area contributed by atoms with Crippen LogP contribution in [0.5, 0.6) is 0 Å². The zero-order valence-electron chi connectivity index (χ0n) is 17.1. The summed E-state index contributed by atoms with van der Waals surface area (Å²) in [5, 5.41) is 4.58. The third-order valence-electron chi connectivity index (χ3n) is 5.09. The highest BCUT2D eigenvalue weighted by molar-refractivity contribution is 7.22. The van der Waals surface area contributed by atoms with Gasteiger partial charge in [0.25, 0.3) is 5.91 Å². The summed E-state index contributed by atoms with van der Waals surface area (Å²) >= 11 is 1.55. The number of aromatic nitrogens is 2. The minimum Gasteiger partial charge on any atom is -0.379 e. The maximum Gasteiger partial charge on any atom is 0.298 e. The molecule has 3 heterocycles. The second-order valence-electron chi connectivity index (χ2n) is 7.52. The van der Waals surface area contributed by atoms with E-state index < -0.39 is 0 Å². The molecule has 0 radical (unpaired) electrons. The molecule has 0 spiro atoms. The standard InChI is InChI=1S/C21H26N4O3S/c1-14-11-15(2)19-18(12-14)29-21(22-19)25(20(26)17-13-16(3)23-28-17)6-4-5-24-7-9-27-10-8-24/h11-13H,4-10H2,1-3H3. The van der Waals surface area contributed by atoms with Gasteiger partial charge in [-0.1, -0.05) is 22.6 Å². The van der Waals surface area contributed by atoms with E-state index in [1.165, 1.54) is 5.56 Å². The van der Waals surface area contributed by atoms with Crippen LogP contribution in [0.15, 0.2) is 22.7 Å². The fourth-order valence-electron chi connectivity index (χ4n) is 3.63. The summed E-state index contributed by atoms with van der Waals surface area (Å²) in [6, 6.07) is 5.93. The van der Waals surface area contributed by atoms with Crippen LogP contribution in [0, 0.1) is 20.8 Å². The van der Waals surface area contributed by atoms with E-state index in [4.69, 9.17) is 14.2 Å². The van der Waals surface area contributed by atoms with Crippen molar-refractivity contribution in [3.05, 3.63) is 40.8 Å². The van der Waals surface area contributed by atoms with Gasteiger partial charge in [-0.15, -0.1) is 0 Å². The molecule has 3 aromatic rings. The number of aryl methyl sites for hydroxylation is 3. The maximum atomic E-state index is 13.2. The summed E-state index contributed by atoms with van der Waals surface area (Å²) in [5.41, 5.74) is 3.97. The molecular formula is C21H26N4O3S. The van der Waals surface area contributed by atoms with Crippen LogP contribution in [0.25, 0.3) is 10.2 Å². The maximum absolute atomic E-state index is 13.2. The van der Waals surface area contributed by atoms with Crippen molar-refractivity contribution in [3.63, 3.8) is 0 Å². The molecule has 1 fully saturated rings. The minimum absolute atomic E-state index is 0.194. The van der Waals surface area contributed by atoms with Crippen molar-refractivity contribution >= 4 is 32.6 Å². The SMILES string of the molecule is Cc1cc(C)c2nc(N(CCCN3CCOCC3)C(=O)c3cc(C)no3)sc2c1. The Morgan fingerprint density at radius 2 is 2.00 bits per heavy atom. The first kappa shape index (κ1) is 20.0. The summed E-state index contributed by atoms with van der Waals surface area (Å²) in [5.74, 6) is 0.0574. The first-order valence-corrected chi connectivity index (χ1v) is 10.8. The van der Waals surface area contributed by atoms with Gasteiger partial charge in [-0.2, -0.15) is 0 Å². The van der Waals surface area contributed by atoms with Crippen molar-refractivity contribution in [3.8, 4) is 0 Å². The summed E-state index contributed by atoms with van der Waals surface area (Å²) in [6.07, 6.45) is 0.854. The number of hydrogen-bond donors (Lipinski definition) is 0. The van der Waals surface area contributed by atoms with Gasteiger partial charge in [0.15, 0.2) is 5.13 Å². The Labute approximate surface area is 174 Å². The second kappa shape index (κ2) is 8.61. The van der Waals surface area contributed by atoms with Crippen LogP contribution in [0.2, 0.25) is 0 Å². The Morgan fingerprint density at radius 3 is 2.72 bits per heavy atom. The van der Waals surface area contributed by atoms with E-state index in [0.717, 1.165) is 55.0 Å². The summed E-state index contributed by atoms with van der Waals surface area (Å²) in [7, 11) is 0. The molecule has 1 aromatic carbocycles. The molecular weight excluding hydrogens is 388 g/mol. The highest BCUT2D eigenvalue weighted by atomic mass is 32.1. The second-order valence-corrected chi connectivity index (χ2v) is 8.53. The van der Waals surface area contributed by atoms with E-state index in [0.29, 0.717) is 17.4 Å². The van der Waals surface area contributed by atoms with Crippen molar-refractivity contribution in [2.45, 2.75) is 27.2 Å². The Kier molecular flexibility index (Phi) is 5.94. The van der Waals surface area contributed by atoms with E-state index in [9.17, 15) is 4.79 Å². The molecule has 154 valence electrons. The molecule has 1 aliphatic heterocycles. The minimum atomic E-state index is -0.194. The topological polar surface area (TPSA) is 71.7 Å². The lowest BCUT2D eigenvalue weighted by atomic mass is 10.1. The third kappa shape index (κ3) is 4.49. The fourth-order valence-corrected chi connectivity index (χ4v) is 4.80. The lowest BCUT2D eigenvalue weighted by molar-refractivity contribution is 0.0376. The van der Waals surface area contributed by atoms with E-state index in [1.54, 1.807) is 22.3 Å². The Balaban J connectivity index is 1.58. The number of ether oxygens (including phenoxy) is 1. The van der Waals surface area contributed by atoms with Crippen LogP contribution >= 0.6 is 11.3 Å². The number of carbonyl (C=O) groups is 1. The predicted octanol–water partition coefficient (Wildman–Crippen LogP) is 3.58. The molecule has 4 rings (SSSR count). The lowest BCUT2D eigenvalue weighted by Crippen LogP contribution is -2.39. The molecule has 8 heteroatoms. The zero-order valence-corrected chi connectivity index (χ0v) is 17.9. The van der Waals surface area contributed by atoms with E-state index in [-0.39, 0.29) is 11.7 Å². The van der Waals surface area contributed by atoms with Crippen LogP contribution in [0.3, 0.4) is 0 Å². The van der Waals surface area contributed by atoms with Gasteiger partial charge < -0.3 is 9.26 Å². The first-order valence-electron chi connectivity index (χ1n) is 9.94. The van der Waals surface area contributed by atoms with Crippen LogP contribution < -0.4 is 4.90 Å². The van der Waals surface area contributed by atoms with Crippen molar-refractivity contribution in [2.24, 2.45) is 0 Å². The lowest BCUT2D eigenvalue weighted by Gasteiger charge is -2.27. The van der Waals surface area contributed by atoms with Gasteiger partial charge in [-0.3, -0.25) is 14.6 Å². The number of amides is 1. The summed E-state index contributed by atoms with van der Waals surface area (Å²) < 4.78 is 11.8. The molecule has 0 aliphatic carbocycles. The smallest absolute Gasteiger partial charge is 0.298 e. The number of hydrogen-bond acceptors (Lipinski definition) is 7. The summed E-state index contributed by atoms with van der Waals surface area (Å²) in [6.45, 7) is 10.9. The van der Waals surface area contributed by atoms with Gasteiger partial charge in [-0.05, 0) is 44.4 Å².